The molecule has 8 N–H and O–H groups in total. The maximum absolute atomic E-state index is 14.7. The number of rotatable bonds is 15. The molecule has 27 nitrogen and oxygen atoms in total. The summed E-state index contributed by atoms with van der Waals surface area (Å²) in [5.74, 6) is -1.63. The number of carboxylic acid groups (broad SMARTS) is 1. The molecular weight excluding hydrogens is 1390 g/mol. The van der Waals surface area contributed by atoms with E-state index in [4.69, 9.17) is 34.2 Å². The molecule has 2 saturated heterocycles. The van der Waals surface area contributed by atoms with Crippen LogP contribution in [0.15, 0.2) is 60.7 Å². The third kappa shape index (κ3) is 15.9. The van der Waals surface area contributed by atoms with Crippen molar-refractivity contribution in [3.05, 3.63) is 82.9 Å². The number of carbonyl (C=O) groups excluding carboxylic acids is 7. The molecule has 0 radical (unpaired) electrons. The molecule has 4 aliphatic heterocycles. The average Bonchev–Trinajstić information content (AvgIpc) is 1.56. The van der Waals surface area contributed by atoms with E-state index in [0.29, 0.717) is 70.1 Å². The fourth-order valence-electron chi connectivity index (χ4n) is 16.0. The quantitative estimate of drug-likeness (QED) is 0.0616. The molecule has 4 aromatic carbocycles. The third-order valence-corrected chi connectivity index (χ3v) is 26.8. The van der Waals surface area contributed by atoms with E-state index in [1.807, 2.05) is 102 Å². The first-order valence-electron chi connectivity index (χ1n) is 36.8. The SMILES string of the molecule is COc1ccc2ccc3cc2c1CCCCOC(=O)N[C@@H](C(C)(C)C)C(=O)N1C[C@@]3(OC)C[C@H]1C(=O)N[C@]1(C(=O)NS(=O)(=O)C2CC2)C[C@H]1C1CC1.COc1ccc2ccc3cc2c1CCCCOC(=O)N[C@@H](C(C)(C)C)C(=O)N1C[C@@]3(OC)C[C@H]1C(=O)O.N[C@]1(C(=O)NS(=O)(=O)C2CC2)C[C@H]1C1CC1. The summed E-state index contributed by atoms with van der Waals surface area (Å²) >= 11 is 0. The van der Waals surface area contributed by atoms with Crippen LogP contribution in [0, 0.1) is 34.5 Å². The number of ether oxygens (including phenoxy) is 6. The molecule has 0 spiro atoms. The Bertz CT molecular complexity index is 4340. The van der Waals surface area contributed by atoms with Gasteiger partial charge in [-0.2, -0.15) is 0 Å². The van der Waals surface area contributed by atoms with E-state index in [-0.39, 0.29) is 62.1 Å². The van der Waals surface area contributed by atoms with Crippen LogP contribution in [0.5, 0.6) is 11.5 Å². The van der Waals surface area contributed by atoms with E-state index in [1.165, 1.54) is 9.80 Å². The molecule has 0 unspecified atom stereocenters. The molecule has 10 atom stereocenters. The highest BCUT2D eigenvalue weighted by atomic mass is 32.2. The summed E-state index contributed by atoms with van der Waals surface area (Å²) in [5, 5.41) is 21.6. The fraction of sp³-hybridized carbons (Fsp3) is 0.632. The molecule has 4 heterocycles. The van der Waals surface area contributed by atoms with Crippen LogP contribution in [-0.4, -0.2) is 180 Å². The number of benzene rings is 4. The maximum Gasteiger partial charge on any atom is 0.407 e. The summed E-state index contributed by atoms with van der Waals surface area (Å²) < 4.78 is 88.0. The smallest absolute Gasteiger partial charge is 0.407 e. The van der Waals surface area contributed by atoms with E-state index in [0.717, 1.165) is 93.8 Å². The molecule has 105 heavy (non-hydrogen) atoms. The monoisotopic (exact) mass is 1490 g/mol. The van der Waals surface area contributed by atoms with Gasteiger partial charge >= 0.3 is 18.2 Å². The van der Waals surface area contributed by atoms with Gasteiger partial charge in [0.25, 0.3) is 11.8 Å². The van der Waals surface area contributed by atoms with E-state index >= 15 is 0 Å². The van der Waals surface area contributed by atoms with Gasteiger partial charge in [0.15, 0.2) is 0 Å². The number of alkyl carbamates (subject to hydrolysis) is 2. The van der Waals surface area contributed by atoms with Crippen molar-refractivity contribution in [2.45, 2.75) is 214 Å². The number of methoxy groups -OCH3 is 4. The van der Waals surface area contributed by atoms with Gasteiger partial charge in [0.05, 0.1) is 56.6 Å². The minimum absolute atomic E-state index is 0.0180. The standard InChI is InChI=1S/C38H50N4O9S.C28H36N2O7.C10H16N2O3S/c1-36(2,3)31-33(44)42-21-37(50-5,24-13-11-22-12-16-30(49-4)26(27(22)18-24)8-6-7-17-51-35(46)39-31)20-29(42)32(43)40-38(19-28(38)23-9-10-23)34(45)41-52(47,48)25-14-15-25;1-27(2,3)23-24(31)30-16-28(36-5,15-21(30)25(32)33)18-11-9-17-10-12-22(35-4)19(20(17)14-18)8-6-7-13-37-26(34)29-23;11-10(5-8(10)6-1-2-6)9(13)12-16(14,15)7-3-4-7/h11-13,16,18,23,25,28-29,31H,6-10,14-15,17,19-21H2,1-5H3,(H,39,46)(H,40,43)(H,41,45);9-12,14,21,23H,6-8,13,15-16H2,1-5H3,(H,29,34)(H,32,33);6-8H,1-5,11H2,(H,12,13)/t28-,29-,31+,37-,38+;21-,23+,28-;8-,10+/m000/s1. The highest BCUT2D eigenvalue weighted by Crippen LogP contribution is 2.58. The van der Waals surface area contributed by atoms with E-state index in [2.05, 4.69) is 25.4 Å². The summed E-state index contributed by atoms with van der Waals surface area (Å²) in [6.07, 6.45) is 10.1. The molecule has 6 saturated carbocycles. The Balaban J connectivity index is 0.000000168. The Labute approximate surface area is 613 Å². The number of aliphatic carboxylic acids is 1. The highest BCUT2D eigenvalue weighted by molar-refractivity contribution is 7.91. The van der Waals surface area contributed by atoms with Crippen molar-refractivity contribution < 1.29 is 88.7 Å². The largest absolute Gasteiger partial charge is 0.496 e. The van der Waals surface area contributed by atoms with Gasteiger partial charge in [-0.05, 0) is 194 Å². The number of nitrogens with one attached hydrogen (secondary N) is 5. The minimum atomic E-state index is -3.86. The van der Waals surface area contributed by atoms with Gasteiger partial charge in [-0.1, -0.05) is 77.9 Å². The van der Waals surface area contributed by atoms with Crippen LogP contribution in [0.3, 0.4) is 0 Å². The summed E-state index contributed by atoms with van der Waals surface area (Å²) in [6.45, 7) is 11.3. The lowest BCUT2D eigenvalue weighted by atomic mass is 9.85. The van der Waals surface area contributed by atoms with Gasteiger partial charge in [0.1, 0.15) is 52.4 Å². The van der Waals surface area contributed by atoms with Gasteiger partial charge in [-0.25, -0.2) is 31.2 Å². The zero-order chi connectivity index (χ0) is 75.7. The normalized spacial score (nSPS) is 29.4. The zero-order valence-electron chi connectivity index (χ0n) is 61.7. The second-order valence-corrected chi connectivity index (χ2v) is 36.6. The Morgan fingerprint density at radius 3 is 1.39 bits per heavy atom. The van der Waals surface area contributed by atoms with Crippen LogP contribution in [0.25, 0.3) is 21.5 Å². The van der Waals surface area contributed by atoms with Crippen LogP contribution < -0.4 is 40.6 Å². The molecule has 8 bridgehead atoms. The van der Waals surface area contributed by atoms with Crippen LogP contribution in [-0.2, 0) is 91.8 Å². The third-order valence-electron chi connectivity index (χ3n) is 23.1. The number of nitrogens with two attached hydrogens (primary N) is 1. The fourth-order valence-corrected chi connectivity index (χ4v) is 18.8. The highest BCUT2D eigenvalue weighted by Gasteiger charge is 2.68. The Hall–Kier alpha value is -7.86. The molecule has 29 heteroatoms. The number of hydrogen-bond acceptors (Lipinski definition) is 19. The van der Waals surface area contributed by atoms with Gasteiger partial charge in [-0.3, -0.25) is 33.4 Å². The number of sulfonamides is 2. The van der Waals surface area contributed by atoms with Crippen molar-refractivity contribution in [3.8, 4) is 11.5 Å². The first-order valence-corrected chi connectivity index (χ1v) is 39.9. The zero-order valence-corrected chi connectivity index (χ0v) is 63.3. The number of cyclic esters (lactones) is 2. The molecule has 7 amide bonds. The Morgan fingerprint density at radius 2 is 0.981 bits per heavy atom. The predicted molar refractivity (Wildman–Crippen MR) is 387 cm³/mol. The second-order valence-electron chi connectivity index (χ2n) is 32.7. The van der Waals surface area contributed by atoms with Crippen LogP contribution in [0.1, 0.15) is 167 Å². The average molecular weight is 1500 g/mol. The maximum atomic E-state index is 14.7. The van der Waals surface area contributed by atoms with Crippen LogP contribution in [0.2, 0.25) is 0 Å². The molecular formula is C76H102N8O19S2. The molecule has 572 valence electrons. The number of carbonyl (C=O) groups is 8. The Kier molecular flexibility index (Phi) is 21.2. The molecule has 10 aliphatic rings. The summed E-state index contributed by atoms with van der Waals surface area (Å²) in [7, 11) is -0.946. The van der Waals surface area contributed by atoms with E-state index in [1.54, 1.807) is 28.4 Å². The Morgan fingerprint density at radius 1 is 0.562 bits per heavy atom. The number of carboxylic acids is 1. The topological polar surface area (TPSA) is 373 Å². The molecule has 4 aromatic rings. The predicted octanol–water partition coefficient (Wildman–Crippen LogP) is 7.24. The van der Waals surface area contributed by atoms with Crippen LogP contribution in [0.4, 0.5) is 9.59 Å². The van der Waals surface area contributed by atoms with Crippen molar-refractivity contribution in [2.75, 3.05) is 54.7 Å². The summed E-state index contributed by atoms with van der Waals surface area (Å²) in [6, 6.07) is 15.6. The molecule has 6 aliphatic carbocycles. The van der Waals surface area contributed by atoms with E-state index < -0.39 is 130 Å². The van der Waals surface area contributed by atoms with E-state index in [9.17, 15) is 60.3 Å². The van der Waals surface area contributed by atoms with Crippen molar-refractivity contribution in [3.63, 3.8) is 0 Å². The van der Waals surface area contributed by atoms with Crippen molar-refractivity contribution in [1.82, 2.24) is 35.2 Å². The van der Waals surface area contributed by atoms with Crippen molar-refractivity contribution in [1.29, 1.82) is 0 Å². The summed E-state index contributed by atoms with van der Waals surface area (Å²) in [4.78, 5) is 110. The summed E-state index contributed by atoms with van der Waals surface area (Å²) in [5.41, 5.74) is 3.57. The number of fused-ring (bicyclic) bond motifs is 8. The minimum Gasteiger partial charge on any atom is -0.496 e. The van der Waals surface area contributed by atoms with Gasteiger partial charge in [0.2, 0.25) is 37.8 Å². The van der Waals surface area contributed by atoms with Gasteiger partial charge in [0, 0.05) is 38.2 Å². The number of hydrogen-bond donors (Lipinski definition) is 7. The number of nitrogens with zero attached hydrogens (tertiary/aromatic N) is 2. The van der Waals surface area contributed by atoms with Crippen molar-refractivity contribution in [2.24, 2.45) is 40.2 Å². The molecule has 8 fully saturated rings. The first-order chi connectivity index (χ1) is 49.6. The lowest BCUT2D eigenvalue weighted by molar-refractivity contribution is -0.150. The lowest BCUT2D eigenvalue weighted by Crippen LogP contribution is -2.60. The second kappa shape index (κ2) is 29.0. The molecule has 0 aromatic heterocycles. The molecule has 14 rings (SSSR count). The van der Waals surface area contributed by atoms with Crippen LogP contribution >= 0.6 is 0 Å². The first kappa shape index (κ1) is 76.8. The van der Waals surface area contributed by atoms with Gasteiger partial charge in [-0.15, -0.1) is 0 Å². The number of aryl methyl sites for hydroxylation is 2. The van der Waals surface area contributed by atoms with Crippen molar-refractivity contribution >= 4 is 89.3 Å². The lowest BCUT2D eigenvalue weighted by Gasteiger charge is -2.36. The number of amides is 7. The van der Waals surface area contributed by atoms with Gasteiger partial charge < -0.3 is 65.0 Å².